The fraction of sp³-hybridized carbons (Fsp3) is 0.0769. The molecule has 0 N–H and O–H groups in total. The van der Waals surface area contributed by atoms with Gasteiger partial charge < -0.3 is 4.74 Å². The molecule has 0 saturated heterocycles. The topological polar surface area (TPSA) is 43.4 Å². The maximum Gasteiger partial charge on any atom is 0.308 e. The van der Waals surface area contributed by atoms with Crippen LogP contribution in [0.1, 0.15) is 17.3 Å². The first-order valence-corrected chi connectivity index (χ1v) is 4.87. The van der Waals surface area contributed by atoms with Crippen molar-refractivity contribution in [3.63, 3.8) is 0 Å². The number of hydrogen-bond donors (Lipinski definition) is 0. The molecule has 2 aromatic carbocycles. The number of benzene rings is 2. The molecule has 80 valence electrons. The second kappa shape index (κ2) is 4.14. The molecular formula is C13H10O3. The van der Waals surface area contributed by atoms with Crippen molar-refractivity contribution in [2.24, 2.45) is 0 Å². The summed E-state index contributed by atoms with van der Waals surface area (Å²) in [6, 6.07) is 10.9. The number of esters is 1. The summed E-state index contributed by atoms with van der Waals surface area (Å²) in [4.78, 5) is 21.9. The highest BCUT2D eigenvalue weighted by molar-refractivity contribution is 6.01. The summed E-state index contributed by atoms with van der Waals surface area (Å²) in [7, 11) is 0. The van der Waals surface area contributed by atoms with E-state index in [2.05, 4.69) is 0 Å². The first-order chi connectivity index (χ1) is 7.72. The highest BCUT2D eigenvalue weighted by Crippen LogP contribution is 2.26. The molecule has 0 aliphatic rings. The van der Waals surface area contributed by atoms with Gasteiger partial charge in [-0.05, 0) is 16.8 Å². The number of carbonyl (C=O) groups is 2. The zero-order valence-electron chi connectivity index (χ0n) is 8.77. The lowest BCUT2D eigenvalue weighted by Crippen LogP contribution is -2.04. The van der Waals surface area contributed by atoms with Gasteiger partial charge in [-0.2, -0.15) is 0 Å². The van der Waals surface area contributed by atoms with Crippen molar-refractivity contribution in [3.8, 4) is 5.75 Å². The van der Waals surface area contributed by atoms with Crippen LogP contribution in [0, 0.1) is 0 Å². The van der Waals surface area contributed by atoms with Crippen LogP contribution in [0.15, 0.2) is 36.4 Å². The van der Waals surface area contributed by atoms with E-state index in [0.717, 1.165) is 10.8 Å². The van der Waals surface area contributed by atoms with Gasteiger partial charge in [0, 0.05) is 6.92 Å². The monoisotopic (exact) mass is 214 g/mol. The van der Waals surface area contributed by atoms with Crippen molar-refractivity contribution in [1.82, 2.24) is 0 Å². The van der Waals surface area contributed by atoms with Crippen LogP contribution < -0.4 is 4.74 Å². The van der Waals surface area contributed by atoms with Crippen LogP contribution >= 0.6 is 0 Å². The Kier molecular flexibility index (Phi) is 2.68. The van der Waals surface area contributed by atoms with Gasteiger partial charge in [-0.1, -0.05) is 30.3 Å². The van der Waals surface area contributed by atoms with E-state index in [1.807, 2.05) is 30.3 Å². The van der Waals surface area contributed by atoms with E-state index in [4.69, 9.17) is 4.74 Å². The second-order valence-electron chi connectivity index (χ2n) is 3.41. The minimum atomic E-state index is -0.432. The maximum atomic E-state index is 11.0. The molecule has 0 heterocycles. The third-order valence-corrected chi connectivity index (χ3v) is 2.30. The van der Waals surface area contributed by atoms with Gasteiger partial charge in [-0.15, -0.1) is 0 Å². The number of carbonyl (C=O) groups excluding carboxylic acids is 2. The van der Waals surface area contributed by atoms with Crippen LogP contribution in [-0.2, 0) is 4.79 Å². The largest absolute Gasteiger partial charge is 0.426 e. The van der Waals surface area contributed by atoms with E-state index in [9.17, 15) is 9.59 Å². The predicted molar refractivity (Wildman–Crippen MR) is 60.6 cm³/mol. The molecule has 0 amide bonds. The molecular weight excluding hydrogens is 204 g/mol. The number of fused-ring (bicyclic) bond motifs is 1. The third kappa shape index (κ3) is 1.80. The summed E-state index contributed by atoms with van der Waals surface area (Å²) in [5.41, 5.74) is 0.410. The van der Waals surface area contributed by atoms with Crippen molar-refractivity contribution >= 4 is 23.0 Å². The van der Waals surface area contributed by atoms with E-state index < -0.39 is 5.97 Å². The molecule has 2 rings (SSSR count). The predicted octanol–water partition coefficient (Wildman–Crippen LogP) is 2.58. The highest BCUT2D eigenvalue weighted by Gasteiger charge is 2.09. The quantitative estimate of drug-likeness (QED) is 0.438. The van der Waals surface area contributed by atoms with Gasteiger partial charge in [-0.25, -0.2) is 0 Å². The Morgan fingerprint density at radius 3 is 2.62 bits per heavy atom. The molecule has 3 heteroatoms. The lowest BCUT2D eigenvalue weighted by Gasteiger charge is -2.07. The van der Waals surface area contributed by atoms with Gasteiger partial charge in [0.05, 0.1) is 5.56 Å². The first-order valence-electron chi connectivity index (χ1n) is 4.87. The molecule has 0 fully saturated rings. The van der Waals surface area contributed by atoms with Gasteiger partial charge in [0.1, 0.15) is 5.75 Å². The Balaban J connectivity index is 2.67. The summed E-state index contributed by atoms with van der Waals surface area (Å²) in [6.45, 7) is 1.31. The zero-order valence-corrected chi connectivity index (χ0v) is 8.77. The molecule has 16 heavy (non-hydrogen) atoms. The Morgan fingerprint density at radius 2 is 1.94 bits per heavy atom. The van der Waals surface area contributed by atoms with Gasteiger partial charge in [0.25, 0.3) is 0 Å². The summed E-state index contributed by atoms with van der Waals surface area (Å²) in [5, 5.41) is 1.73. The van der Waals surface area contributed by atoms with E-state index in [-0.39, 0.29) is 0 Å². The SMILES string of the molecule is CC(=O)Oc1ccc2ccccc2c1C=O. The van der Waals surface area contributed by atoms with Crippen molar-refractivity contribution in [2.45, 2.75) is 6.92 Å². The van der Waals surface area contributed by atoms with Gasteiger partial charge in [0.2, 0.25) is 0 Å². The summed E-state index contributed by atoms with van der Waals surface area (Å²) in [6.07, 6.45) is 0.709. The van der Waals surface area contributed by atoms with Gasteiger partial charge in [-0.3, -0.25) is 9.59 Å². The highest BCUT2D eigenvalue weighted by atomic mass is 16.5. The van der Waals surface area contributed by atoms with Crippen LogP contribution in [0.3, 0.4) is 0 Å². The third-order valence-electron chi connectivity index (χ3n) is 2.30. The van der Waals surface area contributed by atoms with E-state index in [1.165, 1.54) is 6.92 Å². The molecule has 0 aliphatic heterocycles. The summed E-state index contributed by atoms with van der Waals surface area (Å²) >= 11 is 0. The molecule has 0 saturated carbocycles. The molecule has 2 aromatic rings. The minimum absolute atomic E-state index is 0.307. The molecule has 0 bridgehead atoms. The van der Waals surface area contributed by atoms with Crippen LogP contribution in [0.2, 0.25) is 0 Å². The Hall–Kier alpha value is -2.16. The molecule has 0 atom stereocenters. The molecule has 0 aliphatic carbocycles. The Labute approximate surface area is 92.6 Å². The van der Waals surface area contributed by atoms with Crippen molar-refractivity contribution in [1.29, 1.82) is 0 Å². The lowest BCUT2D eigenvalue weighted by molar-refractivity contribution is -0.131. The average molecular weight is 214 g/mol. The molecule has 3 nitrogen and oxygen atoms in total. The van der Waals surface area contributed by atoms with Crippen LogP contribution in [0.5, 0.6) is 5.75 Å². The van der Waals surface area contributed by atoms with Crippen LogP contribution in [0.4, 0.5) is 0 Å². The van der Waals surface area contributed by atoms with E-state index >= 15 is 0 Å². The fourth-order valence-corrected chi connectivity index (χ4v) is 1.64. The standard InChI is InChI=1S/C13H10O3/c1-9(15)16-13-7-6-10-4-2-3-5-11(10)12(13)8-14/h2-8H,1H3. The molecule has 0 unspecified atom stereocenters. The Morgan fingerprint density at radius 1 is 1.19 bits per heavy atom. The van der Waals surface area contributed by atoms with Crippen LogP contribution in [-0.4, -0.2) is 12.3 Å². The van der Waals surface area contributed by atoms with Gasteiger partial charge in [0.15, 0.2) is 6.29 Å². The number of hydrogen-bond acceptors (Lipinski definition) is 3. The number of ether oxygens (including phenoxy) is 1. The van der Waals surface area contributed by atoms with E-state index in [1.54, 1.807) is 6.07 Å². The number of rotatable bonds is 2. The maximum absolute atomic E-state index is 11.0. The van der Waals surface area contributed by atoms with Crippen LogP contribution in [0.25, 0.3) is 10.8 Å². The first kappa shape index (κ1) is 10.4. The average Bonchev–Trinajstić information content (AvgIpc) is 2.28. The lowest BCUT2D eigenvalue weighted by atomic mass is 10.0. The minimum Gasteiger partial charge on any atom is -0.426 e. The van der Waals surface area contributed by atoms with E-state index in [0.29, 0.717) is 17.6 Å². The molecule has 0 aromatic heterocycles. The smallest absolute Gasteiger partial charge is 0.308 e. The van der Waals surface area contributed by atoms with Gasteiger partial charge >= 0.3 is 5.97 Å². The Bertz CT molecular complexity index is 558. The van der Waals surface area contributed by atoms with Crippen molar-refractivity contribution < 1.29 is 14.3 Å². The molecule has 0 spiro atoms. The van der Waals surface area contributed by atoms with Crippen molar-refractivity contribution in [2.75, 3.05) is 0 Å². The number of aldehydes is 1. The fourth-order valence-electron chi connectivity index (χ4n) is 1.64. The second-order valence-corrected chi connectivity index (χ2v) is 3.41. The summed E-state index contributed by atoms with van der Waals surface area (Å²) in [5.74, 6) is -0.125. The summed E-state index contributed by atoms with van der Waals surface area (Å²) < 4.78 is 4.97. The van der Waals surface area contributed by atoms with Crippen molar-refractivity contribution in [3.05, 3.63) is 42.0 Å². The molecule has 0 radical (unpaired) electrons. The zero-order chi connectivity index (χ0) is 11.5. The normalized spacial score (nSPS) is 10.1.